The molecule has 3 nitrogen and oxygen atoms in total. The molecule has 0 saturated carbocycles. The Hall–Kier alpha value is -0.480. The van der Waals surface area contributed by atoms with Gasteiger partial charge in [0.15, 0.2) is 0 Å². The van der Waals surface area contributed by atoms with Crippen LogP contribution in [0.15, 0.2) is 12.4 Å². The zero-order valence-corrected chi connectivity index (χ0v) is 9.90. The van der Waals surface area contributed by atoms with Crippen molar-refractivity contribution in [2.45, 2.75) is 6.92 Å². The van der Waals surface area contributed by atoms with Crippen molar-refractivity contribution >= 4 is 29.3 Å². The van der Waals surface area contributed by atoms with Gasteiger partial charge in [0.25, 0.3) is 0 Å². The summed E-state index contributed by atoms with van der Waals surface area (Å²) in [7, 11) is 0. The fourth-order valence-corrected chi connectivity index (χ4v) is 1.80. The first-order valence-electron chi connectivity index (χ1n) is 4.42. The fraction of sp³-hybridized carbons (Fsp3) is 0.556. The Bertz CT molecular complexity index is 265. The van der Waals surface area contributed by atoms with E-state index < -0.39 is 0 Å². The minimum absolute atomic E-state index is 0.563. The number of hydrogen-bond acceptors (Lipinski definition) is 4. The van der Waals surface area contributed by atoms with Crippen molar-refractivity contribution in [2.24, 2.45) is 5.92 Å². The minimum Gasteiger partial charge on any atom is -0.354 e. The highest BCUT2D eigenvalue weighted by molar-refractivity contribution is 7.98. The van der Waals surface area contributed by atoms with Crippen LogP contribution in [0.1, 0.15) is 6.92 Å². The van der Waals surface area contributed by atoms with Crippen molar-refractivity contribution in [1.29, 1.82) is 0 Å². The fourth-order valence-electron chi connectivity index (χ4n) is 1.01. The molecule has 1 heterocycles. The Labute approximate surface area is 93.7 Å². The first-order valence-corrected chi connectivity index (χ1v) is 6.20. The molecule has 1 N–H and O–H groups in total. The molecule has 0 bridgehead atoms. The average Bonchev–Trinajstić information content (AvgIpc) is 2.17. The third-order valence-electron chi connectivity index (χ3n) is 1.68. The molecular formula is C9H14ClN3S. The summed E-state index contributed by atoms with van der Waals surface area (Å²) in [6.07, 6.45) is 5.29. The standard InChI is InChI=1S/C9H14ClN3S/c1-7(6-14-2)3-11-9-12-4-8(10)5-13-9/h4-5,7H,3,6H2,1-2H3,(H,11,12,13). The van der Waals surface area contributed by atoms with Crippen LogP contribution in [0.2, 0.25) is 5.02 Å². The summed E-state index contributed by atoms with van der Waals surface area (Å²) in [5.74, 6) is 2.40. The monoisotopic (exact) mass is 231 g/mol. The molecule has 1 rings (SSSR count). The van der Waals surface area contributed by atoms with E-state index in [9.17, 15) is 0 Å². The van der Waals surface area contributed by atoms with E-state index in [1.165, 1.54) is 0 Å². The van der Waals surface area contributed by atoms with Crippen LogP contribution < -0.4 is 5.32 Å². The van der Waals surface area contributed by atoms with Crippen LogP contribution in [-0.4, -0.2) is 28.5 Å². The summed E-state index contributed by atoms with van der Waals surface area (Å²) in [6.45, 7) is 3.09. The molecule has 0 aliphatic rings. The highest BCUT2D eigenvalue weighted by Crippen LogP contribution is 2.08. The van der Waals surface area contributed by atoms with Gasteiger partial charge in [0, 0.05) is 6.54 Å². The first-order chi connectivity index (χ1) is 6.72. The lowest BCUT2D eigenvalue weighted by atomic mass is 10.2. The zero-order chi connectivity index (χ0) is 10.4. The van der Waals surface area contributed by atoms with E-state index in [0.717, 1.165) is 12.3 Å². The summed E-state index contributed by atoms with van der Waals surface area (Å²) in [5, 5.41) is 3.72. The maximum absolute atomic E-state index is 5.67. The number of nitrogens with zero attached hydrogens (tertiary/aromatic N) is 2. The number of anilines is 1. The van der Waals surface area contributed by atoms with Crippen molar-refractivity contribution in [3.05, 3.63) is 17.4 Å². The Kier molecular flexibility index (Phi) is 5.04. The zero-order valence-electron chi connectivity index (χ0n) is 8.33. The van der Waals surface area contributed by atoms with Crippen LogP contribution in [0, 0.1) is 5.92 Å². The van der Waals surface area contributed by atoms with Crippen LogP contribution in [0.25, 0.3) is 0 Å². The van der Waals surface area contributed by atoms with E-state index >= 15 is 0 Å². The van der Waals surface area contributed by atoms with Gasteiger partial charge in [0.05, 0.1) is 17.4 Å². The molecule has 78 valence electrons. The van der Waals surface area contributed by atoms with Crippen LogP contribution in [0.3, 0.4) is 0 Å². The van der Waals surface area contributed by atoms with E-state index in [4.69, 9.17) is 11.6 Å². The maximum Gasteiger partial charge on any atom is 0.222 e. The molecular weight excluding hydrogens is 218 g/mol. The predicted octanol–water partition coefficient (Wildman–Crippen LogP) is 2.54. The van der Waals surface area contributed by atoms with Gasteiger partial charge < -0.3 is 5.32 Å². The molecule has 0 aliphatic carbocycles. The lowest BCUT2D eigenvalue weighted by Crippen LogP contribution is -2.14. The summed E-state index contributed by atoms with van der Waals surface area (Å²) >= 11 is 7.51. The maximum atomic E-state index is 5.67. The quantitative estimate of drug-likeness (QED) is 0.845. The Morgan fingerprint density at radius 1 is 1.50 bits per heavy atom. The van der Waals surface area contributed by atoms with Crippen LogP contribution in [-0.2, 0) is 0 Å². The smallest absolute Gasteiger partial charge is 0.222 e. The molecule has 14 heavy (non-hydrogen) atoms. The molecule has 1 unspecified atom stereocenters. The van der Waals surface area contributed by atoms with Crippen LogP contribution in [0.4, 0.5) is 5.95 Å². The topological polar surface area (TPSA) is 37.8 Å². The normalized spacial score (nSPS) is 12.5. The second kappa shape index (κ2) is 6.09. The summed E-state index contributed by atoms with van der Waals surface area (Å²) in [5.41, 5.74) is 0. The number of aromatic nitrogens is 2. The van der Waals surface area contributed by atoms with Crippen molar-refractivity contribution in [3.63, 3.8) is 0 Å². The SMILES string of the molecule is CSCC(C)CNc1ncc(Cl)cn1. The number of thioether (sulfide) groups is 1. The molecule has 0 radical (unpaired) electrons. The van der Waals surface area contributed by atoms with Gasteiger partial charge in [-0.15, -0.1) is 0 Å². The van der Waals surface area contributed by atoms with E-state index in [-0.39, 0.29) is 0 Å². The van der Waals surface area contributed by atoms with Crippen molar-refractivity contribution < 1.29 is 0 Å². The lowest BCUT2D eigenvalue weighted by molar-refractivity contribution is 0.697. The molecule has 0 spiro atoms. The van der Waals surface area contributed by atoms with Gasteiger partial charge in [0.2, 0.25) is 5.95 Å². The van der Waals surface area contributed by atoms with Crippen molar-refractivity contribution in [1.82, 2.24) is 9.97 Å². The highest BCUT2D eigenvalue weighted by atomic mass is 35.5. The number of rotatable bonds is 5. The molecule has 0 amide bonds. The van der Waals surface area contributed by atoms with Gasteiger partial charge in [-0.1, -0.05) is 18.5 Å². The van der Waals surface area contributed by atoms with E-state index in [1.54, 1.807) is 12.4 Å². The number of nitrogens with one attached hydrogen (secondary N) is 1. The van der Waals surface area contributed by atoms with E-state index in [0.29, 0.717) is 16.9 Å². The van der Waals surface area contributed by atoms with E-state index in [1.807, 2.05) is 11.8 Å². The van der Waals surface area contributed by atoms with Gasteiger partial charge in [0.1, 0.15) is 0 Å². The first kappa shape index (κ1) is 11.6. The average molecular weight is 232 g/mol. The molecule has 0 fully saturated rings. The molecule has 1 aromatic rings. The van der Waals surface area contributed by atoms with Crippen molar-refractivity contribution in [3.8, 4) is 0 Å². The Balaban J connectivity index is 2.34. The van der Waals surface area contributed by atoms with Gasteiger partial charge in [-0.3, -0.25) is 0 Å². The molecule has 0 saturated heterocycles. The van der Waals surface area contributed by atoms with Gasteiger partial charge in [-0.2, -0.15) is 11.8 Å². The van der Waals surface area contributed by atoms with Gasteiger partial charge in [-0.05, 0) is 17.9 Å². The molecule has 1 atom stereocenters. The molecule has 0 aromatic carbocycles. The number of halogens is 1. The van der Waals surface area contributed by atoms with E-state index in [2.05, 4.69) is 28.5 Å². The second-order valence-corrected chi connectivity index (χ2v) is 4.51. The summed E-state index contributed by atoms with van der Waals surface area (Å²) < 4.78 is 0. The van der Waals surface area contributed by atoms with Crippen molar-refractivity contribution in [2.75, 3.05) is 23.9 Å². The molecule has 1 aromatic heterocycles. The largest absolute Gasteiger partial charge is 0.354 e. The Morgan fingerprint density at radius 2 is 2.14 bits per heavy atom. The summed E-state index contributed by atoms with van der Waals surface area (Å²) in [6, 6.07) is 0. The lowest BCUT2D eigenvalue weighted by Gasteiger charge is -2.10. The predicted molar refractivity (Wildman–Crippen MR) is 63.1 cm³/mol. The van der Waals surface area contributed by atoms with Gasteiger partial charge in [-0.25, -0.2) is 9.97 Å². The third kappa shape index (κ3) is 4.15. The minimum atomic E-state index is 0.563. The summed E-state index contributed by atoms with van der Waals surface area (Å²) in [4.78, 5) is 8.10. The molecule has 5 heteroatoms. The van der Waals surface area contributed by atoms with Crippen LogP contribution >= 0.6 is 23.4 Å². The Morgan fingerprint density at radius 3 is 2.71 bits per heavy atom. The molecule has 0 aliphatic heterocycles. The highest BCUT2D eigenvalue weighted by Gasteiger charge is 2.01. The van der Waals surface area contributed by atoms with Gasteiger partial charge >= 0.3 is 0 Å². The third-order valence-corrected chi connectivity index (χ3v) is 2.78. The van der Waals surface area contributed by atoms with Crippen LogP contribution in [0.5, 0.6) is 0 Å². The number of hydrogen-bond donors (Lipinski definition) is 1. The second-order valence-electron chi connectivity index (χ2n) is 3.17.